The summed E-state index contributed by atoms with van der Waals surface area (Å²) in [5.41, 5.74) is 12.8. The Hall–Kier alpha value is -6.18. The fourth-order valence-electron chi connectivity index (χ4n) is 9.36. The number of piperidine rings is 2. The molecule has 6 heterocycles. The van der Waals surface area contributed by atoms with Crippen LogP contribution >= 0.6 is 0 Å². The minimum atomic E-state index is -0.547. The number of nitrogens with two attached hydrogens (primary N) is 1. The normalized spacial score (nSPS) is 16.0. The van der Waals surface area contributed by atoms with E-state index in [1.807, 2.05) is 41.1 Å². The molecule has 0 unspecified atom stereocenters. The van der Waals surface area contributed by atoms with Crippen LogP contribution in [0.2, 0.25) is 0 Å². The first-order valence-corrected chi connectivity index (χ1v) is 21.4. The number of para-hydroxylation sites is 1. The minimum Gasteiger partial charge on any atom is -0.497 e. The van der Waals surface area contributed by atoms with Gasteiger partial charge in [0.15, 0.2) is 5.82 Å². The topological polar surface area (TPSA) is 114 Å². The zero-order chi connectivity index (χ0) is 41.5. The maximum Gasteiger partial charge on any atom is 0.213 e. The van der Waals surface area contributed by atoms with Crippen molar-refractivity contribution in [2.24, 2.45) is 11.8 Å². The lowest BCUT2D eigenvalue weighted by Crippen LogP contribution is -2.35. The van der Waals surface area contributed by atoms with E-state index >= 15 is 8.78 Å². The Morgan fingerprint density at radius 1 is 0.672 bits per heavy atom. The highest BCUT2D eigenvalue weighted by atomic mass is 19.1. The average molecular weight is 821 g/mol. The Labute approximate surface area is 353 Å². The third-order valence-corrected chi connectivity index (χ3v) is 12.8. The van der Waals surface area contributed by atoms with Crippen molar-refractivity contribution in [2.45, 2.75) is 51.5 Å². The lowest BCUT2D eigenvalue weighted by atomic mass is 9.92. The van der Waals surface area contributed by atoms with E-state index in [1.165, 1.54) is 23.3 Å². The summed E-state index contributed by atoms with van der Waals surface area (Å²) in [5, 5.41) is 4.45. The number of methoxy groups -OCH3 is 1. The Bertz CT molecular complexity index is 2830. The van der Waals surface area contributed by atoms with Crippen molar-refractivity contribution in [2.75, 3.05) is 50.9 Å². The summed E-state index contributed by atoms with van der Waals surface area (Å²) >= 11 is 0. The van der Waals surface area contributed by atoms with Gasteiger partial charge in [-0.1, -0.05) is 48.5 Å². The molecule has 0 radical (unpaired) electrons. The number of anilines is 3. The van der Waals surface area contributed by atoms with Crippen LogP contribution in [0.4, 0.5) is 26.4 Å². The van der Waals surface area contributed by atoms with E-state index < -0.39 is 11.6 Å². The van der Waals surface area contributed by atoms with Gasteiger partial charge in [0.1, 0.15) is 33.9 Å². The van der Waals surface area contributed by atoms with Gasteiger partial charge < -0.3 is 20.7 Å². The number of likely N-dealkylation sites (tertiary alicyclic amines) is 2. The molecule has 61 heavy (non-hydrogen) atoms. The lowest BCUT2D eigenvalue weighted by molar-refractivity contribution is 0.176. The highest BCUT2D eigenvalue weighted by Crippen LogP contribution is 2.32. The molecule has 0 bridgehead atoms. The van der Waals surface area contributed by atoms with Gasteiger partial charge in [-0.05, 0) is 130 Å². The number of nitrogens with zero attached hydrogens (tertiary/aromatic N) is 8. The number of imidazole rings is 2. The van der Waals surface area contributed by atoms with Crippen molar-refractivity contribution in [1.82, 2.24) is 38.5 Å². The first kappa shape index (κ1) is 39.0. The Morgan fingerprint density at radius 3 is 2.03 bits per heavy atom. The summed E-state index contributed by atoms with van der Waals surface area (Å²) in [4.78, 5) is 24.3. The molecule has 2 fully saturated rings. The molecule has 3 N–H and O–H groups in total. The maximum absolute atomic E-state index is 16.0. The monoisotopic (exact) mass is 820 g/mol. The Kier molecular flexibility index (Phi) is 10.7. The van der Waals surface area contributed by atoms with Gasteiger partial charge in [0, 0.05) is 41.9 Å². The number of nitrogens with one attached hydrogen (secondary N) is 1. The second kappa shape index (κ2) is 16.7. The fraction of sp³-hybridized carbons (Fsp3) is 0.333. The number of halogens is 2. The average Bonchev–Trinajstić information content (AvgIpc) is 3.91. The van der Waals surface area contributed by atoms with Gasteiger partial charge in [-0.3, -0.25) is 13.7 Å². The van der Waals surface area contributed by atoms with E-state index in [4.69, 9.17) is 25.4 Å². The summed E-state index contributed by atoms with van der Waals surface area (Å²) in [6.07, 6.45) is 10.9. The van der Waals surface area contributed by atoms with Crippen molar-refractivity contribution in [1.29, 1.82) is 0 Å². The molecule has 2 aliphatic heterocycles. The Morgan fingerprint density at radius 2 is 1.33 bits per heavy atom. The molecular weight excluding hydrogens is 771 g/mol. The molecular formula is C48H50F2N10O. The predicted octanol–water partition coefficient (Wildman–Crippen LogP) is 8.64. The molecule has 0 saturated carbocycles. The number of hydrogen-bond acceptors (Lipinski definition) is 9. The van der Waals surface area contributed by atoms with Crippen LogP contribution in [-0.2, 0) is 25.8 Å². The van der Waals surface area contributed by atoms with E-state index in [9.17, 15) is 0 Å². The second-order valence-corrected chi connectivity index (χ2v) is 16.9. The van der Waals surface area contributed by atoms with Crippen molar-refractivity contribution < 1.29 is 13.5 Å². The number of aromatic nitrogens is 6. The van der Waals surface area contributed by atoms with Gasteiger partial charge in [0.2, 0.25) is 11.9 Å². The maximum atomic E-state index is 16.0. The highest BCUT2D eigenvalue weighted by Gasteiger charge is 2.24. The van der Waals surface area contributed by atoms with Crippen LogP contribution in [0.15, 0.2) is 97.3 Å². The van der Waals surface area contributed by atoms with Gasteiger partial charge in [-0.2, -0.15) is 0 Å². The summed E-state index contributed by atoms with van der Waals surface area (Å²) < 4.78 is 40.3. The third-order valence-electron chi connectivity index (χ3n) is 12.8. The largest absolute Gasteiger partial charge is 0.497 e. The molecule has 11 nitrogen and oxygen atoms in total. The number of ether oxygens (including phenoxy) is 1. The molecule has 0 amide bonds. The summed E-state index contributed by atoms with van der Waals surface area (Å²) in [6, 6.07) is 27.0. The summed E-state index contributed by atoms with van der Waals surface area (Å²) in [7, 11) is 1.68. The number of fused-ring (bicyclic) bond motifs is 6. The van der Waals surface area contributed by atoms with Crippen LogP contribution in [0.25, 0.3) is 33.1 Å². The molecule has 8 aromatic rings. The van der Waals surface area contributed by atoms with Gasteiger partial charge in [0.05, 0.1) is 18.5 Å². The van der Waals surface area contributed by atoms with Gasteiger partial charge in [-0.15, -0.1) is 0 Å². The van der Waals surface area contributed by atoms with E-state index in [-0.39, 0.29) is 17.0 Å². The SMILES string of the molecule is COc1ccc(CN2CCC(Cc3cn4c(Nc5cc(F)c6nc(N)n7cc(CC8CCN(CCc9ccccc9)CC8)nc7c6c5)nc5c(F)cccc5c4n3)CC2)cc1. The standard InChI is InChI=1S/C48H50F2N10O/c1-61-38-12-10-34(11-13-38)28-58-22-17-33(18-23-58)25-37-30-60-45(52-37)39-8-5-9-41(49)43(39)56-48(60)54-35-26-40-44(42(50)27-35)55-47(51)59-29-36(53-46(40)59)24-32-15-20-57(21-16-32)19-14-31-6-3-2-4-7-31/h2-13,26-27,29-30,32-33H,14-25,28H2,1H3,(H2,51,55)(H,54,56). The van der Waals surface area contributed by atoms with Crippen molar-refractivity contribution in [3.8, 4) is 5.75 Å². The molecule has 13 heteroatoms. The number of rotatable bonds is 12. The zero-order valence-corrected chi connectivity index (χ0v) is 34.4. The van der Waals surface area contributed by atoms with E-state index in [2.05, 4.69) is 62.6 Å². The van der Waals surface area contributed by atoms with Crippen LogP contribution in [0.1, 0.15) is 48.2 Å². The van der Waals surface area contributed by atoms with Crippen LogP contribution < -0.4 is 15.8 Å². The smallest absolute Gasteiger partial charge is 0.213 e. The van der Waals surface area contributed by atoms with Crippen molar-refractivity contribution in [3.63, 3.8) is 0 Å². The molecule has 0 atom stereocenters. The molecule has 4 aromatic heterocycles. The van der Waals surface area contributed by atoms with E-state index in [1.54, 1.807) is 17.6 Å². The minimum absolute atomic E-state index is 0.141. The Balaban J connectivity index is 0.875. The number of nitrogen functional groups attached to an aromatic ring is 1. The van der Waals surface area contributed by atoms with Crippen molar-refractivity contribution in [3.05, 3.63) is 131 Å². The molecule has 0 spiro atoms. The molecule has 0 aliphatic carbocycles. The first-order chi connectivity index (χ1) is 29.8. The fourth-order valence-corrected chi connectivity index (χ4v) is 9.36. The molecule has 10 rings (SSSR count). The van der Waals surface area contributed by atoms with Crippen LogP contribution in [-0.4, -0.2) is 78.4 Å². The second-order valence-electron chi connectivity index (χ2n) is 16.9. The van der Waals surface area contributed by atoms with Crippen molar-refractivity contribution >= 4 is 50.7 Å². The van der Waals surface area contributed by atoms with E-state index in [0.29, 0.717) is 45.5 Å². The third kappa shape index (κ3) is 8.19. The van der Waals surface area contributed by atoms with Gasteiger partial charge >= 0.3 is 0 Å². The predicted molar refractivity (Wildman–Crippen MR) is 236 cm³/mol. The number of hydrogen-bond donors (Lipinski definition) is 2. The van der Waals surface area contributed by atoms with Gasteiger partial charge in [0.25, 0.3) is 0 Å². The van der Waals surface area contributed by atoms with Crippen LogP contribution in [0.3, 0.4) is 0 Å². The highest BCUT2D eigenvalue weighted by molar-refractivity contribution is 5.96. The molecule has 4 aromatic carbocycles. The quantitative estimate of drug-likeness (QED) is 0.125. The summed E-state index contributed by atoms with van der Waals surface area (Å²) in [6.45, 7) is 6.08. The van der Waals surface area contributed by atoms with Crippen LogP contribution in [0.5, 0.6) is 5.75 Å². The molecule has 2 aliphatic rings. The molecule has 2 saturated heterocycles. The number of benzene rings is 4. The van der Waals surface area contributed by atoms with Gasteiger partial charge in [-0.25, -0.2) is 28.7 Å². The lowest BCUT2D eigenvalue weighted by Gasteiger charge is -2.31. The first-order valence-electron chi connectivity index (χ1n) is 21.4. The summed E-state index contributed by atoms with van der Waals surface area (Å²) in [5.74, 6) is 1.32. The zero-order valence-electron chi connectivity index (χ0n) is 34.4. The van der Waals surface area contributed by atoms with E-state index in [0.717, 1.165) is 101 Å². The molecule has 312 valence electrons. The van der Waals surface area contributed by atoms with Crippen LogP contribution in [0, 0.1) is 23.5 Å².